The van der Waals surface area contributed by atoms with Crippen LogP contribution in [0, 0.1) is 6.92 Å². The van der Waals surface area contributed by atoms with E-state index in [1.807, 2.05) is 4.90 Å². The number of halogens is 4. The van der Waals surface area contributed by atoms with Crippen LogP contribution >= 0.6 is 24.0 Å². The first-order chi connectivity index (χ1) is 10.8. The summed E-state index contributed by atoms with van der Waals surface area (Å²) < 4.78 is 43.1. The molecule has 0 radical (unpaired) electrons. The molecular weight excluding hydrogens is 440 g/mol. The van der Waals surface area contributed by atoms with Crippen molar-refractivity contribution in [1.29, 1.82) is 0 Å². The van der Waals surface area contributed by atoms with Crippen LogP contribution in [0.15, 0.2) is 9.52 Å². The number of nitrogens with one attached hydrogen (secondary N) is 1. The molecule has 138 valence electrons. The summed E-state index contributed by atoms with van der Waals surface area (Å²) in [5.41, 5.74) is 0. The number of rotatable bonds is 3. The van der Waals surface area contributed by atoms with Gasteiger partial charge in [-0.2, -0.15) is 18.2 Å². The smallest absolute Gasteiger partial charge is 0.349 e. The standard InChI is InChI=1S/C13H21F3N6O.HI/c1-9(13(14,15)16)21-4-6-22(7-5-21)12(17-3)18-8-11-19-10(2)23-20-11;/h9H,4-8H2,1-3H3,(H,17,18);1H. The van der Waals surface area contributed by atoms with E-state index in [4.69, 9.17) is 4.52 Å². The van der Waals surface area contributed by atoms with Crippen molar-refractivity contribution in [2.45, 2.75) is 32.6 Å². The van der Waals surface area contributed by atoms with E-state index in [1.54, 1.807) is 14.0 Å². The predicted octanol–water partition coefficient (Wildman–Crippen LogP) is 1.64. The summed E-state index contributed by atoms with van der Waals surface area (Å²) in [6.07, 6.45) is -4.20. The number of aliphatic imine (C=N–C) groups is 1. The van der Waals surface area contributed by atoms with E-state index >= 15 is 0 Å². The fraction of sp³-hybridized carbons (Fsp3) is 0.769. The first kappa shape index (κ1) is 20.9. The van der Waals surface area contributed by atoms with Gasteiger partial charge in [-0.15, -0.1) is 24.0 Å². The molecule has 2 rings (SSSR count). The van der Waals surface area contributed by atoms with Gasteiger partial charge in [0.05, 0.1) is 6.54 Å². The second kappa shape index (κ2) is 8.83. The molecule has 1 fully saturated rings. The summed E-state index contributed by atoms with van der Waals surface area (Å²) in [4.78, 5) is 11.6. The number of hydrogen-bond donors (Lipinski definition) is 1. The molecule has 0 spiro atoms. The maximum absolute atomic E-state index is 12.8. The summed E-state index contributed by atoms with van der Waals surface area (Å²) in [6, 6.07) is -1.43. The Hall–Kier alpha value is -1.11. The third-order valence-electron chi connectivity index (χ3n) is 3.82. The van der Waals surface area contributed by atoms with Gasteiger partial charge in [0.2, 0.25) is 5.89 Å². The zero-order valence-electron chi connectivity index (χ0n) is 13.8. The molecule has 1 unspecified atom stereocenters. The van der Waals surface area contributed by atoms with Gasteiger partial charge in [-0.1, -0.05) is 5.16 Å². The van der Waals surface area contributed by atoms with Crippen LogP contribution in [0.5, 0.6) is 0 Å². The summed E-state index contributed by atoms with van der Waals surface area (Å²) in [5, 5.41) is 6.87. The maximum Gasteiger partial charge on any atom is 0.403 e. The van der Waals surface area contributed by atoms with Gasteiger partial charge in [-0.05, 0) is 6.92 Å². The van der Waals surface area contributed by atoms with Crippen LogP contribution < -0.4 is 5.32 Å². The van der Waals surface area contributed by atoms with Crippen LogP contribution in [0.25, 0.3) is 0 Å². The summed E-state index contributed by atoms with van der Waals surface area (Å²) in [6.45, 7) is 4.87. The highest BCUT2D eigenvalue weighted by Crippen LogP contribution is 2.25. The molecule has 0 aliphatic carbocycles. The van der Waals surface area contributed by atoms with Gasteiger partial charge in [-0.25, -0.2) is 0 Å². The molecule has 0 saturated carbocycles. The fourth-order valence-electron chi connectivity index (χ4n) is 2.43. The zero-order valence-corrected chi connectivity index (χ0v) is 16.1. The Balaban J connectivity index is 0.00000288. The van der Waals surface area contributed by atoms with E-state index < -0.39 is 12.2 Å². The lowest BCUT2D eigenvalue weighted by molar-refractivity contribution is -0.181. The molecule has 1 aliphatic heterocycles. The first-order valence-electron chi connectivity index (χ1n) is 7.37. The molecule has 1 atom stereocenters. The van der Waals surface area contributed by atoms with Crippen LogP contribution in [-0.2, 0) is 6.54 Å². The molecule has 1 aliphatic rings. The first-order valence-corrected chi connectivity index (χ1v) is 7.37. The quantitative estimate of drug-likeness (QED) is 0.419. The van der Waals surface area contributed by atoms with Crippen LogP contribution in [0.4, 0.5) is 13.2 Å². The lowest BCUT2D eigenvalue weighted by Gasteiger charge is -2.39. The van der Waals surface area contributed by atoms with Crippen molar-refractivity contribution >= 4 is 29.9 Å². The minimum Gasteiger partial charge on any atom is -0.349 e. The molecule has 1 saturated heterocycles. The topological polar surface area (TPSA) is 69.8 Å². The molecule has 1 aromatic heterocycles. The van der Waals surface area contributed by atoms with Gasteiger partial charge in [0.25, 0.3) is 0 Å². The van der Waals surface area contributed by atoms with Gasteiger partial charge in [-0.3, -0.25) is 9.89 Å². The molecule has 0 amide bonds. The van der Waals surface area contributed by atoms with Crippen LogP contribution in [0.1, 0.15) is 18.6 Å². The Morgan fingerprint density at radius 2 is 1.96 bits per heavy atom. The molecule has 0 bridgehead atoms. The number of nitrogens with zero attached hydrogens (tertiary/aromatic N) is 5. The average Bonchev–Trinajstić information content (AvgIpc) is 2.92. The van der Waals surface area contributed by atoms with Gasteiger partial charge in [0.1, 0.15) is 6.04 Å². The van der Waals surface area contributed by atoms with Crippen molar-refractivity contribution in [1.82, 2.24) is 25.3 Å². The summed E-state index contributed by atoms with van der Waals surface area (Å²) >= 11 is 0. The van der Waals surface area contributed by atoms with Crippen molar-refractivity contribution in [3.63, 3.8) is 0 Å². The Bertz CT molecular complexity index is 542. The number of aromatic nitrogens is 2. The van der Waals surface area contributed by atoms with E-state index in [0.29, 0.717) is 50.4 Å². The molecule has 1 aromatic rings. The van der Waals surface area contributed by atoms with Gasteiger partial charge in [0.15, 0.2) is 11.8 Å². The Labute approximate surface area is 155 Å². The van der Waals surface area contributed by atoms with E-state index in [2.05, 4.69) is 20.4 Å². The van der Waals surface area contributed by atoms with Crippen molar-refractivity contribution < 1.29 is 17.7 Å². The van der Waals surface area contributed by atoms with Crippen molar-refractivity contribution in [3.8, 4) is 0 Å². The second-order valence-corrected chi connectivity index (χ2v) is 5.37. The lowest BCUT2D eigenvalue weighted by Crippen LogP contribution is -2.56. The lowest BCUT2D eigenvalue weighted by atomic mass is 10.2. The molecular formula is C13H22F3IN6O. The Morgan fingerprint density at radius 1 is 1.33 bits per heavy atom. The largest absolute Gasteiger partial charge is 0.403 e. The highest BCUT2D eigenvalue weighted by Gasteiger charge is 2.41. The monoisotopic (exact) mass is 462 g/mol. The minimum absolute atomic E-state index is 0. The van der Waals surface area contributed by atoms with Crippen molar-refractivity contribution in [3.05, 3.63) is 11.7 Å². The zero-order chi connectivity index (χ0) is 17.0. The number of piperazine rings is 1. The van der Waals surface area contributed by atoms with E-state index in [0.717, 1.165) is 0 Å². The molecule has 24 heavy (non-hydrogen) atoms. The van der Waals surface area contributed by atoms with Gasteiger partial charge in [0, 0.05) is 40.2 Å². The summed E-state index contributed by atoms with van der Waals surface area (Å²) in [5.74, 6) is 1.60. The molecule has 11 heteroatoms. The van der Waals surface area contributed by atoms with Gasteiger partial charge < -0.3 is 14.7 Å². The van der Waals surface area contributed by atoms with Crippen LogP contribution in [0.2, 0.25) is 0 Å². The van der Waals surface area contributed by atoms with Gasteiger partial charge >= 0.3 is 6.18 Å². The number of alkyl halides is 3. The van der Waals surface area contributed by atoms with E-state index in [9.17, 15) is 13.2 Å². The third kappa shape index (κ3) is 5.46. The normalized spacial score (nSPS) is 18.2. The van der Waals surface area contributed by atoms with Crippen molar-refractivity contribution in [2.24, 2.45) is 4.99 Å². The van der Waals surface area contributed by atoms with Crippen LogP contribution in [-0.4, -0.2) is 71.3 Å². The fourth-order valence-corrected chi connectivity index (χ4v) is 2.43. The second-order valence-electron chi connectivity index (χ2n) is 5.37. The number of hydrogen-bond acceptors (Lipinski definition) is 5. The number of guanidine groups is 1. The third-order valence-corrected chi connectivity index (χ3v) is 3.82. The average molecular weight is 462 g/mol. The SMILES string of the molecule is CN=C(NCc1noc(C)n1)N1CCN(C(C)C(F)(F)F)CC1.I. The maximum atomic E-state index is 12.8. The molecule has 7 nitrogen and oxygen atoms in total. The predicted molar refractivity (Wildman–Crippen MR) is 93.3 cm³/mol. The van der Waals surface area contributed by atoms with Crippen LogP contribution in [0.3, 0.4) is 0 Å². The Morgan fingerprint density at radius 3 is 2.42 bits per heavy atom. The van der Waals surface area contributed by atoms with E-state index in [1.165, 1.54) is 11.8 Å². The minimum atomic E-state index is -4.20. The Kier molecular flexibility index (Phi) is 7.70. The molecule has 0 aromatic carbocycles. The molecule has 1 N–H and O–H groups in total. The highest BCUT2D eigenvalue weighted by atomic mass is 127. The highest BCUT2D eigenvalue weighted by molar-refractivity contribution is 14.0. The van der Waals surface area contributed by atoms with Crippen molar-refractivity contribution in [2.75, 3.05) is 33.2 Å². The van der Waals surface area contributed by atoms with E-state index in [-0.39, 0.29) is 24.0 Å². The number of aryl methyl sites for hydroxylation is 1. The molecule has 2 heterocycles. The summed E-state index contributed by atoms with van der Waals surface area (Å²) in [7, 11) is 1.63.